The van der Waals surface area contributed by atoms with Crippen LogP contribution in [0.15, 0.2) is 18.2 Å². The van der Waals surface area contributed by atoms with Gasteiger partial charge in [-0.15, -0.1) is 0 Å². The lowest BCUT2D eigenvalue weighted by Gasteiger charge is -2.26. The zero-order chi connectivity index (χ0) is 14.2. The highest BCUT2D eigenvalue weighted by atomic mass is 35.5. The third-order valence-corrected chi connectivity index (χ3v) is 5.68. The summed E-state index contributed by atoms with van der Waals surface area (Å²) in [6.07, 6.45) is 0.0351. The van der Waals surface area contributed by atoms with Crippen molar-refractivity contribution in [3.8, 4) is 0 Å². The molecule has 2 unspecified atom stereocenters. The number of halogens is 1. The summed E-state index contributed by atoms with van der Waals surface area (Å²) >= 11 is 6.13. The second-order valence-electron chi connectivity index (χ2n) is 5.05. The first-order valence-corrected chi connectivity index (χ1v) is 8.41. The van der Waals surface area contributed by atoms with E-state index < -0.39 is 15.9 Å². The highest BCUT2D eigenvalue weighted by molar-refractivity contribution is 7.91. The van der Waals surface area contributed by atoms with E-state index in [1.807, 2.05) is 18.0 Å². The van der Waals surface area contributed by atoms with E-state index >= 15 is 0 Å². The number of rotatable bonds is 3. The van der Waals surface area contributed by atoms with Crippen LogP contribution in [0.5, 0.6) is 0 Å². The van der Waals surface area contributed by atoms with Crippen molar-refractivity contribution in [2.45, 2.75) is 25.5 Å². The Bertz CT molecular complexity index is 571. The van der Waals surface area contributed by atoms with E-state index in [4.69, 9.17) is 11.6 Å². The maximum absolute atomic E-state index is 11.5. The Morgan fingerprint density at radius 3 is 2.63 bits per heavy atom. The molecule has 6 heteroatoms. The van der Waals surface area contributed by atoms with Crippen LogP contribution < -0.4 is 4.90 Å². The van der Waals surface area contributed by atoms with Crippen LogP contribution in [0, 0.1) is 0 Å². The fourth-order valence-corrected chi connectivity index (χ4v) is 4.47. The van der Waals surface area contributed by atoms with Crippen LogP contribution in [-0.4, -0.2) is 38.1 Å². The largest absolute Gasteiger partial charge is 0.389 e. The average molecular weight is 304 g/mol. The molecular formula is C13H18ClNO3S. The third kappa shape index (κ3) is 3.22. The highest BCUT2D eigenvalue weighted by Gasteiger charge is 2.30. The summed E-state index contributed by atoms with van der Waals surface area (Å²) < 4.78 is 23.0. The molecule has 1 heterocycles. The van der Waals surface area contributed by atoms with Gasteiger partial charge in [-0.05, 0) is 31.0 Å². The van der Waals surface area contributed by atoms with E-state index in [0.717, 1.165) is 5.69 Å². The van der Waals surface area contributed by atoms with E-state index in [2.05, 4.69) is 0 Å². The molecule has 0 radical (unpaired) electrons. The molecule has 1 aliphatic heterocycles. The van der Waals surface area contributed by atoms with Gasteiger partial charge in [-0.25, -0.2) is 8.42 Å². The van der Waals surface area contributed by atoms with Crippen molar-refractivity contribution in [2.75, 3.05) is 23.5 Å². The molecule has 1 N–H and O–H groups in total. The number of anilines is 1. The van der Waals surface area contributed by atoms with E-state index in [9.17, 15) is 13.5 Å². The van der Waals surface area contributed by atoms with Gasteiger partial charge in [-0.3, -0.25) is 0 Å². The number of hydrogen-bond donors (Lipinski definition) is 1. The molecule has 0 aliphatic carbocycles. The maximum atomic E-state index is 11.5. The van der Waals surface area contributed by atoms with Gasteiger partial charge < -0.3 is 10.0 Å². The summed E-state index contributed by atoms with van der Waals surface area (Å²) in [5.74, 6) is 0.445. The summed E-state index contributed by atoms with van der Waals surface area (Å²) in [5.41, 5.74) is 1.55. The first-order chi connectivity index (χ1) is 8.80. The molecule has 4 nitrogen and oxygen atoms in total. The van der Waals surface area contributed by atoms with Crippen molar-refractivity contribution in [2.24, 2.45) is 0 Å². The zero-order valence-electron chi connectivity index (χ0n) is 11.0. The van der Waals surface area contributed by atoms with Crippen molar-refractivity contribution < 1.29 is 13.5 Å². The standard InChI is InChI=1S/C13H18ClNO3S/c1-9(16)12-4-3-10(7-13(12)14)15(2)11-5-6-19(17,18)8-11/h3-4,7,9,11,16H,5-6,8H2,1-2H3. The molecule has 1 aromatic carbocycles. The van der Waals surface area contributed by atoms with Crippen molar-refractivity contribution in [1.29, 1.82) is 0 Å². The van der Waals surface area contributed by atoms with Crippen LogP contribution >= 0.6 is 11.6 Å². The van der Waals surface area contributed by atoms with E-state index in [1.165, 1.54) is 0 Å². The van der Waals surface area contributed by atoms with Crippen molar-refractivity contribution >= 4 is 27.1 Å². The molecule has 106 valence electrons. The normalized spacial score (nSPS) is 23.3. The number of hydrogen-bond acceptors (Lipinski definition) is 4. The van der Waals surface area contributed by atoms with Gasteiger partial charge >= 0.3 is 0 Å². The van der Waals surface area contributed by atoms with Gasteiger partial charge in [-0.1, -0.05) is 17.7 Å². The molecular weight excluding hydrogens is 286 g/mol. The molecule has 0 bridgehead atoms. The maximum Gasteiger partial charge on any atom is 0.152 e. The summed E-state index contributed by atoms with van der Waals surface area (Å²) in [5, 5.41) is 10.0. The lowest BCUT2D eigenvalue weighted by Crippen LogP contribution is -2.32. The quantitative estimate of drug-likeness (QED) is 0.928. The summed E-state index contributed by atoms with van der Waals surface area (Å²) in [6.45, 7) is 1.66. The first kappa shape index (κ1) is 14.6. The molecule has 1 saturated heterocycles. The van der Waals surface area contributed by atoms with Crippen molar-refractivity contribution in [3.05, 3.63) is 28.8 Å². The summed E-state index contributed by atoms with van der Waals surface area (Å²) in [4.78, 5) is 1.95. The lowest BCUT2D eigenvalue weighted by atomic mass is 10.1. The number of nitrogens with zero attached hydrogens (tertiary/aromatic N) is 1. The SMILES string of the molecule is CC(O)c1ccc(N(C)C2CCS(=O)(=O)C2)cc1Cl. The highest BCUT2D eigenvalue weighted by Crippen LogP contribution is 2.29. The molecule has 2 rings (SSSR count). The third-order valence-electron chi connectivity index (χ3n) is 3.60. The molecule has 2 atom stereocenters. The fourth-order valence-electron chi connectivity index (χ4n) is 2.37. The molecule has 1 aromatic rings. The van der Waals surface area contributed by atoms with Crippen LogP contribution in [-0.2, 0) is 9.84 Å². The topological polar surface area (TPSA) is 57.6 Å². The predicted octanol–water partition coefficient (Wildman–Crippen LogP) is 2.02. The fraction of sp³-hybridized carbons (Fsp3) is 0.538. The minimum atomic E-state index is -2.89. The van der Waals surface area contributed by atoms with Gasteiger partial charge in [0.1, 0.15) is 0 Å². The minimum Gasteiger partial charge on any atom is -0.389 e. The Morgan fingerprint density at radius 2 is 2.16 bits per heavy atom. The molecule has 1 fully saturated rings. The first-order valence-electron chi connectivity index (χ1n) is 6.21. The number of benzene rings is 1. The Hall–Kier alpha value is -0.780. The van der Waals surface area contributed by atoms with Gasteiger partial charge in [0.15, 0.2) is 9.84 Å². The number of aliphatic hydroxyl groups excluding tert-OH is 1. The van der Waals surface area contributed by atoms with Crippen LogP contribution in [0.2, 0.25) is 5.02 Å². The molecule has 0 aromatic heterocycles. The summed E-state index contributed by atoms with van der Waals surface area (Å²) in [7, 11) is -1.02. The molecule has 0 spiro atoms. The van der Waals surface area contributed by atoms with E-state index in [1.54, 1.807) is 19.1 Å². The Balaban J connectivity index is 2.21. The molecule has 0 saturated carbocycles. The summed E-state index contributed by atoms with van der Waals surface area (Å²) in [6, 6.07) is 5.41. The van der Waals surface area contributed by atoms with Crippen LogP contribution in [0.4, 0.5) is 5.69 Å². The lowest BCUT2D eigenvalue weighted by molar-refractivity contribution is 0.199. The molecule has 19 heavy (non-hydrogen) atoms. The van der Waals surface area contributed by atoms with Crippen molar-refractivity contribution in [1.82, 2.24) is 0 Å². The Kier molecular flexibility index (Phi) is 4.08. The number of sulfone groups is 1. The van der Waals surface area contributed by atoms with Gasteiger partial charge in [-0.2, -0.15) is 0 Å². The van der Waals surface area contributed by atoms with E-state index in [0.29, 0.717) is 17.0 Å². The predicted molar refractivity (Wildman–Crippen MR) is 77.5 cm³/mol. The Labute approximate surface area is 118 Å². The molecule has 1 aliphatic rings. The van der Waals surface area contributed by atoms with Crippen LogP contribution in [0.3, 0.4) is 0 Å². The van der Waals surface area contributed by atoms with Gasteiger partial charge in [0, 0.05) is 23.8 Å². The number of aliphatic hydroxyl groups is 1. The minimum absolute atomic E-state index is 0.00142. The van der Waals surface area contributed by atoms with Gasteiger partial charge in [0.25, 0.3) is 0 Å². The Morgan fingerprint density at radius 1 is 1.47 bits per heavy atom. The average Bonchev–Trinajstić information content (AvgIpc) is 2.68. The smallest absolute Gasteiger partial charge is 0.152 e. The van der Waals surface area contributed by atoms with Crippen LogP contribution in [0.1, 0.15) is 25.0 Å². The van der Waals surface area contributed by atoms with Gasteiger partial charge in [0.05, 0.1) is 17.6 Å². The zero-order valence-corrected chi connectivity index (χ0v) is 12.6. The van der Waals surface area contributed by atoms with Gasteiger partial charge in [0.2, 0.25) is 0 Å². The second-order valence-corrected chi connectivity index (χ2v) is 7.69. The van der Waals surface area contributed by atoms with E-state index in [-0.39, 0.29) is 17.5 Å². The second kappa shape index (κ2) is 5.31. The van der Waals surface area contributed by atoms with Crippen LogP contribution in [0.25, 0.3) is 0 Å². The van der Waals surface area contributed by atoms with Crippen molar-refractivity contribution in [3.63, 3.8) is 0 Å². The monoisotopic (exact) mass is 303 g/mol. The molecule has 0 amide bonds.